The van der Waals surface area contributed by atoms with Crippen LogP contribution in [-0.4, -0.2) is 17.4 Å². The molecule has 20 heavy (non-hydrogen) atoms. The van der Waals surface area contributed by atoms with E-state index in [1.54, 1.807) is 11.3 Å². The summed E-state index contributed by atoms with van der Waals surface area (Å²) in [6, 6.07) is 7.88. The molecule has 3 rings (SSSR count). The lowest BCUT2D eigenvalue weighted by atomic mass is 10.1. The second-order valence-corrected chi connectivity index (χ2v) is 6.06. The Balaban J connectivity index is 1.87. The van der Waals surface area contributed by atoms with E-state index in [4.69, 9.17) is 5.73 Å². The molecule has 2 N–H and O–H groups in total. The second-order valence-electron chi connectivity index (χ2n) is 5.28. The lowest BCUT2D eigenvalue weighted by molar-refractivity contribution is 0.0736. The van der Waals surface area contributed by atoms with E-state index in [0.29, 0.717) is 0 Å². The van der Waals surface area contributed by atoms with Gasteiger partial charge in [-0.05, 0) is 65.9 Å². The molecule has 2 heterocycles. The average Bonchev–Trinajstić information content (AvgIpc) is 3.10. The Labute approximate surface area is 123 Å². The van der Waals surface area contributed by atoms with E-state index in [9.17, 15) is 4.79 Å². The van der Waals surface area contributed by atoms with Crippen molar-refractivity contribution in [1.29, 1.82) is 0 Å². The highest BCUT2D eigenvalue weighted by atomic mass is 32.1. The second kappa shape index (κ2) is 5.29. The van der Waals surface area contributed by atoms with Crippen molar-refractivity contribution >= 4 is 22.9 Å². The first-order valence-corrected chi connectivity index (χ1v) is 7.80. The van der Waals surface area contributed by atoms with Gasteiger partial charge >= 0.3 is 0 Å². The molecule has 0 spiro atoms. The zero-order chi connectivity index (χ0) is 14.1. The number of benzene rings is 1. The number of amides is 1. The number of nitrogens with zero attached hydrogens (tertiary/aromatic N) is 1. The van der Waals surface area contributed by atoms with Crippen molar-refractivity contribution in [3.05, 3.63) is 51.7 Å². The van der Waals surface area contributed by atoms with E-state index in [-0.39, 0.29) is 11.9 Å². The molecule has 1 aliphatic heterocycles. The zero-order valence-electron chi connectivity index (χ0n) is 11.5. The summed E-state index contributed by atoms with van der Waals surface area (Å²) in [5.74, 6) is 0.113. The molecule has 1 fully saturated rings. The first-order chi connectivity index (χ1) is 9.66. The lowest BCUT2D eigenvalue weighted by Gasteiger charge is -2.24. The number of hydrogen-bond acceptors (Lipinski definition) is 3. The normalized spacial score (nSPS) is 18.4. The van der Waals surface area contributed by atoms with Crippen LogP contribution in [0.3, 0.4) is 0 Å². The highest BCUT2D eigenvalue weighted by molar-refractivity contribution is 7.07. The van der Waals surface area contributed by atoms with Crippen molar-refractivity contribution in [2.75, 3.05) is 12.3 Å². The van der Waals surface area contributed by atoms with Crippen molar-refractivity contribution in [2.45, 2.75) is 25.8 Å². The van der Waals surface area contributed by atoms with Gasteiger partial charge in [-0.15, -0.1) is 0 Å². The Morgan fingerprint density at radius 3 is 2.95 bits per heavy atom. The SMILES string of the molecule is Cc1cc(C(=O)N2CCCC2c2ccsc2)ccc1N. The number of carbonyl (C=O) groups excluding carboxylic acids is 1. The van der Waals surface area contributed by atoms with Gasteiger partial charge in [0.15, 0.2) is 0 Å². The Bertz CT molecular complexity index is 621. The van der Waals surface area contributed by atoms with Gasteiger partial charge in [0.1, 0.15) is 0 Å². The van der Waals surface area contributed by atoms with Crippen LogP contribution in [0.5, 0.6) is 0 Å². The Morgan fingerprint density at radius 2 is 2.25 bits per heavy atom. The maximum atomic E-state index is 12.7. The predicted octanol–water partition coefficient (Wildman–Crippen LogP) is 3.62. The molecule has 1 saturated heterocycles. The molecule has 1 amide bonds. The molecule has 0 aliphatic carbocycles. The van der Waals surface area contributed by atoms with Crippen LogP contribution >= 0.6 is 11.3 Å². The Kier molecular flexibility index (Phi) is 3.49. The summed E-state index contributed by atoms with van der Waals surface area (Å²) >= 11 is 1.69. The average molecular weight is 286 g/mol. The number of likely N-dealkylation sites (tertiary alicyclic amines) is 1. The summed E-state index contributed by atoms with van der Waals surface area (Å²) in [6.07, 6.45) is 2.12. The van der Waals surface area contributed by atoms with Crippen LogP contribution in [0.25, 0.3) is 0 Å². The van der Waals surface area contributed by atoms with Crippen LogP contribution in [0, 0.1) is 6.92 Å². The summed E-state index contributed by atoms with van der Waals surface area (Å²) in [7, 11) is 0. The van der Waals surface area contributed by atoms with E-state index < -0.39 is 0 Å². The quantitative estimate of drug-likeness (QED) is 0.857. The molecule has 4 heteroatoms. The standard InChI is InChI=1S/C16H18N2OS/c1-11-9-12(4-5-14(11)17)16(19)18-7-2-3-15(18)13-6-8-20-10-13/h4-6,8-10,15H,2-3,7,17H2,1H3. The minimum Gasteiger partial charge on any atom is -0.399 e. The molecule has 0 bridgehead atoms. The number of hydrogen-bond donors (Lipinski definition) is 1. The third-order valence-corrected chi connectivity index (χ3v) is 4.66. The zero-order valence-corrected chi connectivity index (χ0v) is 12.3. The Morgan fingerprint density at radius 1 is 1.40 bits per heavy atom. The molecule has 3 nitrogen and oxygen atoms in total. The van der Waals surface area contributed by atoms with Crippen molar-refractivity contribution in [3.8, 4) is 0 Å². The third-order valence-electron chi connectivity index (χ3n) is 3.96. The number of rotatable bonds is 2. The van der Waals surface area contributed by atoms with Crippen LogP contribution in [0.15, 0.2) is 35.0 Å². The van der Waals surface area contributed by atoms with Gasteiger partial charge in [-0.25, -0.2) is 0 Å². The number of thiophene rings is 1. The van der Waals surface area contributed by atoms with E-state index in [0.717, 1.165) is 36.2 Å². The minimum absolute atomic E-state index is 0.113. The van der Waals surface area contributed by atoms with Crippen LogP contribution in [-0.2, 0) is 0 Å². The molecule has 0 saturated carbocycles. The summed E-state index contributed by atoms with van der Waals surface area (Å²) in [4.78, 5) is 14.7. The monoisotopic (exact) mass is 286 g/mol. The van der Waals surface area contributed by atoms with Gasteiger partial charge in [-0.1, -0.05) is 0 Å². The summed E-state index contributed by atoms with van der Waals surface area (Å²) in [5.41, 5.74) is 9.51. The van der Waals surface area contributed by atoms with Gasteiger partial charge in [0.05, 0.1) is 6.04 Å². The summed E-state index contributed by atoms with van der Waals surface area (Å²) < 4.78 is 0. The summed E-state index contributed by atoms with van der Waals surface area (Å²) in [6.45, 7) is 2.77. The fraction of sp³-hybridized carbons (Fsp3) is 0.312. The molecule has 0 radical (unpaired) electrons. The summed E-state index contributed by atoms with van der Waals surface area (Å²) in [5, 5.41) is 4.22. The van der Waals surface area contributed by atoms with Crippen LogP contribution < -0.4 is 5.73 Å². The number of nitrogens with two attached hydrogens (primary N) is 1. The fourth-order valence-corrected chi connectivity index (χ4v) is 3.50. The molecular formula is C16H18N2OS. The van der Waals surface area contributed by atoms with Gasteiger partial charge in [0, 0.05) is 17.8 Å². The first-order valence-electron chi connectivity index (χ1n) is 6.86. The Hall–Kier alpha value is -1.81. The number of aryl methyl sites for hydroxylation is 1. The van der Waals surface area contributed by atoms with Gasteiger partial charge in [0.2, 0.25) is 0 Å². The fourth-order valence-electron chi connectivity index (χ4n) is 2.80. The maximum absolute atomic E-state index is 12.7. The molecular weight excluding hydrogens is 268 g/mol. The van der Waals surface area contributed by atoms with Gasteiger partial charge in [-0.2, -0.15) is 11.3 Å². The molecule has 104 valence electrons. The van der Waals surface area contributed by atoms with Crippen molar-refractivity contribution in [1.82, 2.24) is 4.90 Å². The molecule has 2 aromatic rings. The first kappa shape index (κ1) is 13.2. The number of nitrogen functional groups attached to an aromatic ring is 1. The lowest BCUT2D eigenvalue weighted by Crippen LogP contribution is -2.30. The highest BCUT2D eigenvalue weighted by Gasteiger charge is 2.30. The van der Waals surface area contributed by atoms with Crippen molar-refractivity contribution in [3.63, 3.8) is 0 Å². The van der Waals surface area contributed by atoms with Crippen LogP contribution in [0.4, 0.5) is 5.69 Å². The van der Waals surface area contributed by atoms with Crippen molar-refractivity contribution in [2.24, 2.45) is 0 Å². The molecule has 1 aliphatic rings. The molecule has 1 aromatic heterocycles. The van der Waals surface area contributed by atoms with Gasteiger partial charge < -0.3 is 10.6 Å². The number of carbonyl (C=O) groups is 1. The van der Waals surface area contributed by atoms with E-state index in [1.165, 1.54) is 5.56 Å². The van der Waals surface area contributed by atoms with Gasteiger partial charge in [0.25, 0.3) is 5.91 Å². The molecule has 1 atom stereocenters. The van der Waals surface area contributed by atoms with Crippen molar-refractivity contribution < 1.29 is 4.79 Å². The van der Waals surface area contributed by atoms with Crippen LogP contribution in [0.1, 0.15) is 40.4 Å². The minimum atomic E-state index is 0.113. The van der Waals surface area contributed by atoms with Gasteiger partial charge in [-0.3, -0.25) is 4.79 Å². The smallest absolute Gasteiger partial charge is 0.254 e. The third kappa shape index (κ3) is 2.31. The predicted molar refractivity (Wildman–Crippen MR) is 82.9 cm³/mol. The maximum Gasteiger partial charge on any atom is 0.254 e. The van der Waals surface area contributed by atoms with E-state index in [1.807, 2.05) is 30.0 Å². The highest BCUT2D eigenvalue weighted by Crippen LogP contribution is 2.34. The molecule has 1 aromatic carbocycles. The number of anilines is 1. The van der Waals surface area contributed by atoms with Crippen LogP contribution in [0.2, 0.25) is 0 Å². The van der Waals surface area contributed by atoms with E-state index in [2.05, 4.69) is 16.8 Å². The molecule has 1 unspecified atom stereocenters. The largest absolute Gasteiger partial charge is 0.399 e. The van der Waals surface area contributed by atoms with E-state index >= 15 is 0 Å². The topological polar surface area (TPSA) is 46.3 Å².